The molecule has 0 radical (unpaired) electrons. The van der Waals surface area contributed by atoms with Crippen molar-refractivity contribution in [2.24, 2.45) is 0 Å². The van der Waals surface area contributed by atoms with Gasteiger partial charge in [-0.25, -0.2) is 13.6 Å². The zero-order valence-corrected chi connectivity index (χ0v) is 20.4. The molecular weight excluding hydrogens is 512 g/mol. The van der Waals surface area contributed by atoms with Gasteiger partial charge in [0.15, 0.2) is 0 Å². The second-order valence-electron chi connectivity index (χ2n) is 7.51. The molecular formula is C25H20BrF2NO3S. The molecule has 0 saturated heterocycles. The molecule has 0 bridgehead atoms. The van der Waals surface area contributed by atoms with Gasteiger partial charge in [0.05, 0.1) is 18.5 Å². The van der Waals surface area contributed by atoms with Crippen molar-refractivity contribution in [2.45, 2.75) is 25.7 Å². The first-order chi connectivity index (χ1) is 15.8. The Balaban J connectivity index is 2.03. The molecule has 2 aromatic heterocycles. The summed E-state index contributed by atoms with van der Waals surface area (Å²) in [7, 11) is 0. The Morgan fingerprint density at radius 3 is 2.36 bits per heavy atom. The van der Waals surface area contributed by atoms with Crippen LogP contribution in [0.15, 0.2) is 53.5 Å². The van der Waals surface area contributed by atoms with Crippen molar-refractivity contribution in [1.82, 2.24) is 4.57 Å². The van der Waals surface area contributed by atoms with Crippen LogP contribution in [-0.4, -0.2) is 17.1 Å². The van der Waals surface area contributed by atoms with E-state index < -0.39 is 23.0 Å². The molecule has 4 nitrogen and oxygen atoms in total. The fourth-order valence-corrected chi connectivity index (χ4v) is 5.73. The summed E-state index contributed by atoms with van der Waals surface area (Å²) >= 11 is 4.83. The van der Waals surface area contributed by atoms with Gasteiger partial charge in [-0.05, 0) is 37.1 Å². The third-order valence-corrected chi connectivity index (χ3v) is 7.22. The highest BCUT2D eigenvalue weighted by Crippen LogP contribution is 2.39. The highest BCUT2D eigenvalue weighted by molar-refractivity contribution is 9.08. The number of hydrogen-bond donors (Lipinski definition) is 0. The molecule has 2 heterocycles. The fourth-order valence-electron chi connectivity index (χ4n) is 3.69. The number of carbonyl (C=O) groups is 1. The standard InChI is InChI=1S/C25H20BrF2NO3S/c1-3-32-25(31)18-13-29(12-17-19(27)5-4-6-20(17)28)24-21(22(18)30)16(11-26)23(33-24)15-9-7-14(2)8-10-15/h4-10,13H,3,11-12H2,1-2H3. The van der Waals surface area contributed by atoms with Gasteiger partial charge in [-0.15, -0.1) is 11.3 Å². The lowest BCUT2D eigenvalue weighted by molar-refractivity contribution is 0.0524. The summed E-state index contributed by atoms with van der Waals surface area (Å²) in [6, 6.07) is 11.5. The van der Waals surface area contributed by atoms with Gasteiger partial charge in [0, 0.05) is 22.0 Å². The molecule has 0 fully saturated rings. The summed E-state index contributed by atoms with van der Waals surface area (Å²) in [5.41, 5.74) is 1.95. The number of halogens is 3. The van der Waals surface area contributed by atoms with Gasteiger partial charge in [-0.2, -0.15) is 0 Å². The largest absolute Gasteiger partial charge is 0.462 e. The van der Waals surface area contributed by atoms with Crippen molar-refractivity contribution in [3.05, 3.63) is 92.8 Å². The van der Waals surface area contributed by atoms with Crippen molar-refractivity contribution < 1.29 is 18.3 Å². The zero-order chi connectivity index (χ0) is 23.7. The molecule has 0 N–H and O–H groups in total. The minimum atomic E-state index is -0.768. The average Bonchev–Trinajstić information content (AvgIpc) is 3.19. The Bertz CT molecular complexity index is 1390. The number of alkyl halides is 1. The van der Waals surface area contributed by atoms with Crippen LogP contribution < -0.4 is 5.43 Å². The van der Waals surface area contributed by atoms with Crippen LogP contribution >= 0.6 is 27.3 Å². The Morgan fingerprint density at radius 1 is 1.09 bits per heavy atom. The van der Waals surface area contributed by atoms with Crippen LogP contribution in [0.1, 0.15) is 34.0 Å². The van der Waals surface area contributed by atoms with Crippen LogP contribution in [0.5, 0.6) is 0 Å². The highest BCUT2D eigenvalue weighted by atomic mass is 79.9. The number of rotatable bonds is 6. The summed E-state index contributed by atoms with van der Waals surface area (Å²) in [6.45, 7) is 3.55. The number of aromatic nitrogens is 1. The van der Waals surface area contributed by atoms with Gasteiger partial charge in [0.1, 0.15) is 22.0 Å². The Labute approximate surface area is 201 Å². The quantitative estimate of drug-likeness (QED) is 0.212. The summed E-state index contributed by atoms with van der Waals surface area (Å²) < 4.78 is 35.5. The predicted molar refractivity (Wildman–Crippen MR) is 130 cm³/mol. The lowest BCUT2D eigenvalue weighted by atomic mass is 10.1. The molecule has 0 aliphatic rings. The SMILES string of the molecule is CCOC(=O)c1cn(Cc2c(F)cccc2F)c2sc(-c3ccc(C)cc3)c(CBr)c2c1=O. The van der Waals surface area contributed by atoms with E-state index in [4.69, 9.17) is 4.74 Å². The lowest BCUT2D eigenvalue weighted by Gasteiger charge is -2.12. The van der Waals surface area contributed by atoms with E-state index in [1.807, 2.05) is 31.2 Å². The summed E-state index contributed by atoms with van der Waals surface area (Å²) in [4.78, 5) is 27.3. The molecule has 170 valence electrons. The van der Waals surface area contributed by atoms with Crippen molar-refractivity contribution in [3.8, 4) is 10.4 Å². The van der Waals surface area contributed by atoms with Crippen LogP contribution in [0, 0.1) is 18.6 Å². The number of benzene rings is 2. The molecule has 8 heteroatoms. The van der Waals surface area contributed by atoms with Crippen LogP contribution in [0.3, 0.4) is 0 Å². The first-order valence-electron chi connectivity index (χ1n) is 10.3. The van der Waals surface area contributed by atoms with Gasteiger partial charge in [0.25, 0.3) is 0 Å². The molecule has 0 saturated carbocycles. The molecule has 0 amide bonds. The third-order valence-electron chi connectivity index (χ3n) is 5.34. The van der Waals surface area contributed by atoms with E-state index in [1.165, 1.54) is 35.7 Å². The number of pyridine rings is 1. The van der Waals surface area contributed by atoms with E-state index >= 15 is 0 Å². The normalized spacial score (nSPS) is 11.2. The second kappa shape index (κ2) is 9.57. The lowest BCUT2D eigenvalue weighted by Crippen LogP contribution is -2.21. The monoisotopic (exact) mass is 531 g/mol. The number of hydrogen-bond acceptors (Lipinski definition) is 4. The molecule has 0 unspecified atom stereocenters. The van der Waals surface area contributed by atoms with Crippen molar-refractivity contribution in [3.63, 3.8) is 0 Å². The van der Waals surface area contributed by atoms with Crippen LogP contribution in [0.2, 0.25) is 0 Å². The molecule has 2 aromatic carbocycles. The fraction of sp³-hybridized carbons (Fsp3) is 0.200. The molecule has 4 rings (SSSR count). The molecule has 0 aliphatic carbocycles. The molecule has 0 aliphatic heterocycles. The minimum absolute atomic E-state index is 0.0990. The predicted octanol–water partition coefficient (Wildman–Crippen LogP) is 6.44. The number of carbonyl (C=O) groups excluding carboxylic acids is 1. The van der Waals surface area contributed by atoms with E-state index in [0.717, 1.165) is 21.6 Å². The minimum Gasteiger partial charge on any atom is -0.462 e. The van der Waals surface area contributed by atoms with E-state index in [1.54, 1.807) is 11.5 Å². The summed E-state index contributed by atoms with van der Waals surface area (Å²) in [5, 5.41) is 0.709. The highest BCUT2D eigenvalue weighted by Gasteiger charge is 2.24. The van der Waals surface area contributed by atoms with Crippen LogP contribution in [0.25, 0.3) is 20.7 Å². The summed E-state index contributed by atoms with van der Waals surface area (Å²) in [6.07, 6.45) is 1.34. The number of fused-ring (bicyclic) bond motifs is 1. The maximum atomic E-state index is 14.4. The molecule has 0 spiro atoms. The van der Waals surface area contributed by atoms with E-state index in [2.05, 4.69) is 15.9 Å². The maximum absolute atomic E-state index is 14.4. The average molecular weight is 532 g/mol. The molecule has 0 atom stereocenters. The maximum Gasteiger partial charge on any atom is 0.343 e. The van der Waals surface area contributed by atoms with E-state index in [9.17, 15) is 18.4 Å². The van der Waals surface area contributed by atoms with Crippen molar-refractivity contribution >= 4 is 43.5 Å². The van der Waals surface area contributed by atoms with E-state index in [-0.39, 0.29) is 24.3 Å². The van der Waals surface area contributed by atoms with Gasteiger partial charge >= 0.3 is 5.97 Å². The number of esters is 1. The van der Waals surface area contributed by atoms with E-state index in [0.29, 0.717) is 15.5 Å². The zero-order valence-electron chi connectivity index (χ0n) is 18.0. The molecule has 33 heavy (non-hydrogen) atoms. The summed E-state index contributed by atoms with van der Waals surface area (Å²) in [5.74, 6) is -2.16. The van der Waals surface area contributed by atoms with Gasteiger partial charge < -0.3 is 9.30 Å². The first kappa shape index (κ1) is 23.3. The van der Waals surface area contributed by atoms with Crippen LogP contribution in [-0.2, 0) is 16.6 Å². The second-order valence-corrected chi connectivity index (χ2v) is 9.07. The Kier molecular flexibility index (Phi) is 6.76. The van der Waals surface area contributed by atoms with Crippen LogP contribution in [0.4, 0.5) is 8.78 Å². The Morgan fingerprint density at radius 2 is 1.76 bits per heavy atom. The smallest absolute Gasteiger partial charge is 0.343 e. The van der Waals surface area contributed by atoms with Gasteiger partial charge in [-0.1, -0.05) is 51.8 Å². The van der Waals surface area contributed by atoms with Crippen molar-refractivity contribution in [1.29, 1.82) is 0 Å². The number of nitrogens with zero attached hydrogens (tertiary/aromatic N) is 1. The number of aryl methyl sites for hydroxylation is 1. The van der Waals surface area contributed by atoms with Crippen molar-refractivity contribution in [2.75, 3.05) is 6.61 Å². The third kappa shape index (κ3) is 4.37. The topological polar surface area (TPSA) is 48.3 Å². The first-order valence-corrected chi connectivity index (χ1v) is 12.2. The number of ether oxygens (including phenoxy) is 1. The van der Waals surface area contributed by atoms with Gasteiger partial charge in [-0.3, -0.25) is 4.79 Å². The molecule has 4 aromatic rings. The van der Waals surface area contributed by atoms with Gasteiger partial charge in [0.2, 0.25) is 5.43 Å². The number of thiophene rings is 1. The Hall–Kier alpha value is -2.84.